The molecule has 102 valence electrons. The number of hydrogen-bond donors (Lipinski definition) is 0. The zero-order chi connectivity index (χ0) is 13.2. The van der Waals surface area contributed by atoms with Gasteiger partial charge in [0, 0.05) is 12.7 Å². The molecule has 0 aromatic carbocycles. The van der Waals surface area contributed by atoms with Gasteiger partial charge in [-0.3, -0.25) is 0 Å². The minimum atomic E-state index is 0.756. The Morgan fingerprint density at radius 3 is 3.00 bits per heavy atom. The molecule has 3 rings (SSSR count). The van der Waals surface area contributed by atoms with E-state index in [0.717, 1.165) is 23.7 Å². The van der Waals surface area contributed by atoms with Gasteiger partial charge in [-0.2, -0.15) is 0 Å². The van der Waals surface area contributed by atoms with Crippen LogP contribution in [0.3, 0.4) is 0 Å². The highest BCUT2D eigenvalue weighted by molar-refractivity contribution is 5.43. The summed E-state index contributed by atoms with van der Waals surface area (Å²) >= 11 is 0. The van der Waals surface area contributed by atoms with Crippen molar-refractivity contribution in [2.24, 2.45) is 5.92 Å². The molecule has 1 unspecified atom stereocenters. The molecule has 1 aliphatic heterocycles. The zero-order valence-electron chi connectivity index (χ0n) is 11.7. The largest absolute Gasteiger partial charge is 0.495 e. The van der Waals surface area contributed by atoms with Crippen LogP contribution in [0.1, 0.15) is 19.0 Å². The summed E-state index contributed by atoms with van der Waals surface area (Å²) in [6.45, 7) is 5.86. The molecule has 4 heteroatoms. The standard InChI is InChI=1S/C15H21N3O/c1-3-17-7-6-12(9-17)8-13-10-18-11-14(19-2)4-5-15(18)16-13/h4-5,10-12H,3,6-9H2,1-2H3. The molecular weight excluding hydrogens is 238 g/mol. The number of ether oxygens (including phenoxy) is 1. The third-order valence-corrected chi connectivity index (χ3v) is 4.02. The van der Waals surface area contributed by atoms with Crippen LogP contribution in [-0.2, 0) is 6.42 Å². The van der Waals surface area contributed by atoms with Crippen LogP contribution in [0.15, 0.2) is 24.5 Å². The number of fused-ring (bicyclic) bond motifs is 1. The first kappa shape index (κ1) is 12.5. The van der Waals surface area contributed by atoms with Crippen molar-refractivity contribution in [2.75, 3.05) is 26.7 Å². The molecule has 2 aromatic heterocycles. The summed E-state index contributed by atoms with van der Waals surface area (Å²) in [5.41, 5.74) is 2.19. The van der Waals surface area contributed by atoms with Crippen molar-refractivity contribution >= 4 is 5.65 Å². The van der Waals surface area contributed by atoms with E-state index in [1.165, 1.54) is 31.7 Å². The zero-order valence-corrected chi connectivity index (χ0v) is 11.7. The average Bonchev–Trinajstić information content (AvgIpc) is 3.03. The van der Waals surface area contributed by atoms with E-state index in [-0.39, 0.29) is 0 Å². The molecule has 0 saturated carbocycles. The lowest BCUT2D eigenvalue weighted by molar-refractivity contribution is 0.341. The van der Waals surface area contributed by atoms with Gasteiger partial charge in [0.15, 0.2) is 0 Å². The number of pyridine rings is 1. The molecule has 19 heavy (non-hydrogen) atoms. The number of rotatable bonds is 4. The molecule has 0 amide bonds. The van der Waals surface area contributed by atoms with Crippen LogP contribution in [0.2, 0.25) is 0 Å². The Balaban J connectivity index is 1.75. The summed E-state index contributed by atoms with van der Waals surface area (Å²) in [5.74, 6) is 1.63. The van der Waals surface area contributed by atoms with Crippen molar-refractivity contribution in [1.82, 2.24) is 14.3 Å². The molecular formula is C15H21N3O. The smallest absolute Gasteiger partial charge is 0.137 e. The van der Waals surface area contributed by atoms with Crippen LogP contribution in [0.4, 0.5) is 0 Å². The fraction of sp³-hybridized carbons (Fsp3) is 0.533. The molecule has 1 aliphatic rings. The fourth-order valence-electron chi connectivity index (χ4n) is 2.91. The van der Waals surface area contributed by atoms with Crippen molar-refractivity contribution in [2.45, 2.75) is 19.8 Å². The van der Waals surface area contributed by atoms with Crippen molar-refractivity contribution < 1.29 is 4.74 Å². The Labute approximate surface area is 114 Å². The van der Waals surface area contributed by atoms with Gasteiger partial charge in [-0.25, -0.2) is 4.98 Å². The first-order chi connectivity index (χ1) is 9.28. The van der Waals surface area contributed by atoms with Crippen molar-refractivity contribution in [1.29, 1.82) is 0 Å². The van der Waals surface area contributed by atoms with E-state index in [2.05, 4.69) is 22.4 Å². The predicted octanol–water partition coefficient (Wildman–Crippen LogP) is 2.23. The first-order valence-electron chi connectivity index (χ1n) is 7.02. The van der Waals surface area contributed by atoms with Gasteiger partial charge >= 0.3 is 0 Å². The molecule has 4 nitrogen and oxygen atoms in total. The maximum absolute atomic E-state index is 5.24. The van der Waals surface area contributed by atoms with Gasteiger partial charge in [-0.1, -0.05) is 6.92 Å². The van der Waals surface area contributed by atoms with E-state index in [9.17, 15) is 0 Å². The number of nitrogens with zero attached hydrogens (tertiary/aromatic N) is 3. The number of methoxy groups -OCH3 is 1. The lowest BCUT2D eigenvalue weighted by Crippen LogP contribution is -2.20. The van der Waals surface area contributed by atoms with E-state index in [0.29, 0.717) is 0 Å². The Morgan fingerprint density at radius 1 is 1.37 bits per heavy atom. The maximum Gasteiger partial charge on any atom is 0.137 e. The van der Waals surface area contributed by atoms with Crippen molar-refractivity contribution in [3.05, 3.63) is 30.2 Å². The summed E-state index contributed by atoms with van der Waals surface area (Å²) in [4.78, 5) is 7.21. The third kappa shape index (κ3) is 2.59. The Bertz CT molecular complexity index is 564. The minimum Gasteiger partial charge on any atom is -0.495 e. The number of aromatic nitrogens is 2. The van der Waals surface area contributed by atoms with Gasteiger partial charge in [-0.15, -0.1) is 0 Å². The van der Waals surface area contributed by atoms with Crippen LogP contribution < -0.4 is 4.74 Å². The number of hydrogen-bond acceptors (Lipinski definition) is 3. The van der Waals surface area contributed by atoms with Gasteiger partial charge in [0.25, 0.3) is 0 Å². The molecule has 2 aromatic rings. The highest BCUT2D eigenvalue weighted by Crippen LogP contribution is 2.21. The van der Waals surface area contributed by atoms with E-state index < -0.39 is 0 Å². The van der Waals surface area contributed by atoms with Crippen LogP contribution >= 0.6 is 0 Å². The molecule has 0 N–H and O–H groups in total. The average molecular weight is 259 g/mol. The van der Waals surface area contributed by atoms with Crippen LogP contribution in [0.25, 0.3) is 5.65 Å². The summed E-state index contributed by atoms with van der Waals surface area (Å²) < 4.78 is 7.29. The molecule has 0 aliphatic carbocycles. The first-order valence-corrected chi connectivity index (χ1v) is 7.02. The van der Waals surface area contributed by atoms with Crippen LogP contribution in [0.5, 0.6) is 5.75 Å². The minimum absolute atomic E-state index is 0.756. The Morgan fingerprint density at radius 2 is 2.26 bits per heavy atom. The van der Waals surface area contributed by atoms with Gasteiger partial charge in [-0.05, 0) is 44.0 Å². The summed E-state index contributed by atoms with van der Waals surface area (Å²) in [6, 6.07) is 3.97. The molecule has 1 saturated heterocycles. The summed E-state index contributed by atoms with van der Waals surface area (Å²) in [6.07, 6.45) is 6.50. The topological polar surface area (TPSA) is 29.8 Å². The molecule has 0 spiro atoms. The summed E-state index contributed by atoms with van der Waals surface area (Å²) in [7, 11) is 1.69. The number of imidazole rings is 1. The van der Waals surface area contributed by atoms with Crippen molar-refractivity contribution in [3.63, 3.8) is 0 Å². The second-order valence-electron chi connectivity index (χ2n) is 5.32. The highest BCUT2D eigenvalue weighted by Gasteiger charge is 2.22. The second-order valence-corrected chi connectivity index (χ2v) is 5.32. The second kappa shape index (κ2) is 5.21. The van der Waals surface area contributed by atoms with E-state index in [1.807, 2.05) is 18.3 Å². The maximum atomic E-state index is 5.24. The molecule has 1 atom stereocenters. The van der Waals surface area contributed by atoms with E-state index >= 15 is 0 Å². The summed E-state index contributed by atoms with van der Waals surface area (Å²) in [5, 5.41) is 0. The van der Waals surface area contributed by atoms with Crippen molar-refractivity contribution in [3.8, 4) is 5.75 Å². The molecule has 1 fully saturated rings. The Hall–Kier alpha value is -1.55. The highest BCUT2D eigenvalue weighted by atomic mass is 16.5. The lowest BCUT2D eigenvalue weighted by atomic mass is 10.0. The van der Waals surface area contributed by atoms with Gasteiger partial charge in [0.05, 0.1) is 19.0 Å². The molecule has 3 heterocycles. The number of likely N-dealkylation sites (tertiary alicyclic amines) is 1. The van der Waals surface area contributed by atoms with Gasteiger partial charge in [0.1, 0.15) is 11.4 Å². The van der Waals surface area contributed by atoms with E-state index in [4.69, 9.17) is 9.72 Å². The van der Waals surface area contributed by atoms with E-state index in [1.54, 1.807) is 7.11 Å². The quantitative estimate of drug-likeness (QED) is 0.843. The SMILES string of the molecule is CCN1CCC(Cc2cn3cc(OC)ccc3n2)C1. The van der Waals surface area contributed by atoms with Crippen LogP contribution in [-0.4, -0.2) is 41.0 Å². The lowest BCUT2D eigenvalue weighted by Gasteiger charge is -2.11. The fourth-order valence-corrected chi connectivity index (χ4v) is 2.91. The molecule has 0 radical (unpaired) electrons. The Kier molecular flexibility index (Phi) is 3.42. The molecule has 0 bridgehead atoms. The van der Waals surface area contributed by atoms with Crippen LogP contribution in [0, 0.1) is 5.92 Å². The third-order valence-electron chi connectivity index (χ3n) is 4.02. The monoisotopic (exact) mass is 259 g/mol. The normalized spacial score (nSPS) is 20.2. The van der Waals surface area contributed by atoms with Gasteiger partial charge in [0.2, 0.25) is 0 Å². The predicted molar refractivity (Wildman–Crippen MR) is 75.7 cm³/mol. The van der Waals surface area contributed by atoms with Gasteiger partial charge < -0.3 is 14.0 Å².